The second kappa shape index (κ2) is 5.43. The molecule has 0 spiro atoms. The Bertz CT molecular complexity index is 923. The molecule has 0 unspecified atom stereocenters. The average Bonchev–Trinajstić information content (AvgIpc) is 3.23. The van der Waals surface area contributed by atoms with Crippen LogP contribution in [0.5, 0.6) is 0 Å². The number of nitro benzene ring substituents is 1. The number of nitrogens with one attached hydrogen (secondary N) is 1. The van der Waals surface area contributed by atoms with E-state index in [1.54, 1.807) is 12.1 Å². The SMILES string of the molecule is O=[N+]([O-])c1cccc(-c2csc3nc(Cl)nc(NC4CC4)c23)c1. The van der Waals surface area contributed by atoms with Gasteiger partial charge in [-0.25, -0.2) is 9.97 Å². The predicted octanol–water partition coefficient (Wildman–Crippen LogP) is 4.49. The van der Waals surface area contributed by atoms with E-state index in [0.717, 1.165) is 34.2 Å². The number of hydrogen-bond donors (Lipinski definition) is 1. The molecule has 6 nitrogen and oxygen atoms in total. The second-order valence-corrected chi connectivity index (χ2v) is 6.59. The Morgan fingerprint density at radius 1 is 1.35 bits per heavy atom. The summed E-state index contributed by atoms with van der Waals surface area (Å²) in [6, 6.07) is 7.00. The summed E-state index contributed by atoms with van der Waals surface area (Å²) in [4.78, 5) is 20.0. The molecule has 0 amide bonds. The normalized spacial score (nSPS) is 14.1. The molecule has 0 bridgehead atoms. The van der Waals surface area contributed by atoms with Crippen molar-refractivity contribution in [3.8, 4) is 11.1 Å². The van der Waals surface area contributed by atoms with Crippen molar-refractivity contribution >= 4 is 44.7 Å². The molecule has 1 aliphatic rings. The molecule has 1 saturated carbocycles. The third-order valence-electron chi connectivity index (χ3n) is 3.69. The smallest absolute Gasteiger partial charge is 0.270 e. The van der Waals surface area contributed by atoms with E-state index in [0.29, 0.717) is 11.9 Å². The van der Waals surface area contributed by atoms with Crippen LogP contribution in [0.1, 0.15) is 12.8 Å². The number of rotatable bonds is 4. The van der Waals surface area contributed by atoms with Crippen LogP contribution in [0, 0.1) is 10.1 Å². The van der Waals surface area contributed by atoms with Gasteiger partial charge in [-0.2, -0.15) is 0 Å². The van der Waals surface area contributed by atoms with Gasteiger partial charge in [-0.05, 0) is 30.0 Å². The van der Waals surface area contributed by atoms with Crippen LogP contribution in [-0.4, -0.2) is 20.9 Å². The summed E-state index contributed by atoms with van der Waals surface area (Å²) in [5.41, 5.74) is 1.72. The lowest BCUT2D eigenvalue weighted by atomic mass is 10.1. The van der Waals surface area contributed by atoms with Crippen LogP contribution in [0.25, 0.3) is 21.3 Å². The number of nitrogens with zero attached hydrogens (tertiary/aromatic N) is 3. The monoisotopic (exact) mass is 346 g/mol. The molecule has 3 aromatic rings. The van der Waals surface area contributed by atoms with Crippen LogP contribution < -0.4 is 5.32 Å². The van der Waals surface area contributed by atoms with E-state index in [1.165, 1.54) is 17.4 Å². The van der Waals surface area contributed by atoms with Crippen molar-refractivity contribution in [1.29, 1.82) is 0 Å². The van der Waals surface area contributed by atoms with Crippen LogP contribution >= 0.6 is 22.9 Å². The van der Waals surface area contributed by atoms with Crippen molar-refractivity contribution in [1.82, 2.24) is 9.97 Å². The summed E-state index contributed by atoms with van der Waals surface area (Å²) in [7, 11) is 0. The molecule has 1 fully saturated rings. The van der Waals surface area contributed by atoms with Crippen molar-refractivity contribution in [3.63, 3.8) is 0 Å². The second-order valence-electron chi connectivity index (χ2n) is 5.40. The zero-order valence-electron chi connectivity index (χ0n) is 11.8. The number of fused-ring (bicyclic) bond motifs is 1. The van der Waals surface area contributed by atoms with E-state index < -0.39 is 4.92 Å². The number of hydrogen-bond acceptors (Lipinski definition) is 6. The molecule has 2 heterocycles. The van der Waals surface area contributed by atoms with E-state index in [9.17, 15) is 10.1 Å². The van der Waals surface area contributed by atoms with Crippen LogP contribution in [0.3, 0.4) is 0 Å². The molecule has 116 valence electrons. The molecule has 23 heavy (non-hydrogen) atoms. The molecule has 4 rings (SSSR count). The van der Waals surface area contributed by atoms with Gasteiger partial charge in [0.25, 0.3) is 5.69 Å². The fourth-order valence-corrected chi connectivity index (χ4v) is 3.61. The lowest BCUT2D eigenvalue weighted by Crippen LogP contribution is -2.04. The minimum Gasteiger partial charge on any atom is -0.367 e. The Morgan fingerprint density at radius 3 is 2.91 bits per heavy atom. The highest BCUT2D eigenvalue weighted by atomic mass is 35.5. The molecule has 8 heteroatoms. The predicted molar refractivity (Wildman–Crippen MR) is 91.2 cm³/mol. The van der Waals surface area contributed by atoms with E-state index >= 15 is 0 Å². The summed E-state index contributed by atoms with van der Waals surface area (Å²) in [6.45, 7) is 0. The number of anilines is 1. The van der Waals surface area contributed by atoms with Gasteiger partial charge in [-0.3, -0.25) is 10.1 Å². The highest BCUT2D eigenvalue weighted by Gasteiger charge is 2.24. The molecular formula is C15H11ClN4O2S. The van der Waals surface area contributed by atoms with Crippen molar-refractivity contribution in [2.45, 2.75) is 18.9 Å². The van der Waals surface area contributed by atoms with Crippen molar-refractivity contribution in [2.24, 2.45) is 0 Å². The molecule has 0 radical (unpaired) electrons. The highest BCUT2D eigenvalue weighted by Crippen LogP contribution is 2.39. The maximum Gasteiger partial charge on any atom is 0.270 e. The van der Waals surface area contributed by atoms with Gasteiger partial charge in [0.2, 0.25) is 5.28 Å². The van der Waals surface area contributed by atoms with E-state index in [1.807, 2.05) is 11.4 Å². The van der Waals surface area contributed by atoms with Gasteiger partial charge in [0.05, 0.1) is 10.3 Å². The summed E-state index contributed by atoms with van der Waals surface area (Å²) in [6.07, 6.45) is 2.22. The largest absolute Gasteiger partial charge is 0.367 e. The molecule has 1 aliphatic carbocycles. The molecule has 1 N–H and O–H groups in total. The van der Waals surface area contributed by atoms with Crippen molar-refractivity contribution < 1.29 is 4.92 Å². The molecule has 2 aromatic heterocycles. The number of benzene rings is 1. The molecule has 1 aromatic carbocycles. The Hall–Kier alpha value is -2.25. The zero-order valence-corrected chi connectivity index (χ0v) is 13.4. The van der Waals surface area contributed by atoms with E-state index in [-0.39, 0.29) is 11.0 Å². The first kappa shape index (κ1) is 14.3. The lowest BCUT2D eigenvalue weighted by Gasteiger charge is -2.08. The topological polar surface area (TPSA) is 81.0 Å². The van der Waals surface area contributed by atoms with Crippen LogP contribution in [0.2, 0.25) is 5.28 Å². The van der Waals surface area contributed by atoms with Gasteiger partial charge in [0.15, 0.2) is 0 Å². The fraction of sp³-hybridized carbons (Fsp3) is 0.200. The van der Waals surface area contributed by atoms with Crippen molar-refractivity contribution in [3.05, 3.63) is 45.0 Å². The first-order valence-corrected chi connectivity index (χ1v) is 8.33. The maximum absolute atomic E-state index is 11.0. The van der Waals surface area contributed by atoms with Gasteiger partial charge in [0, 0.05) is 29.1 Å². The standard InChI is InChI=1S/C15H11ClN4O2S/c16-15-18-13(17-9-4-5-9)12-11(7-23-14(12)19-15)8-2-1-3-10(6-8)20(21)22/h1-3,6-7,9H,4-5H2,(H,17,18,19). The summed E-state index contributed by atoms with van der Waals surface area (Å²) in [5.74, 6) is 0.699. The number of thiophene rings is 1. The fourth-order valence-electron chi connectivity index (χ4n) is 2.44. The highest BCUT2D eigenvalue weighted by molar-refractivity contribution is 7.17. The minimum atomic E-state index is -0.394. The van der Waals surface area contributed by atoms with E-state index in [2.05, 4.69) is 15.3 Å². The summed E-state index contributed by atoms with van der Waals surface area (Å²) in [5, 5.41) is 17.4. The van der Waals surface area contributed by atoms with Crippen LogP contribution in [-0.2, 0) is 0 Å². The number of non-ortho nitro benzene ring substituents is 1. The van der Waals surface area contributed by atoms with Crippen LogP contribution in [0.4, 0.5) is 11.5 Å². The average molecular weight is 347 g/mol. The van der Waals surface area contributed by atoms with Crippen LogP contribution in [0.15, 0.2) is 29.6 Å². The third-order valence-corrected chi connectivity index (χ3v) is 4.73. The molecule has 0 atom stereocenters. The van der Waals surface area contributed by atoms with Crippen molar-refractivity contribution in [2.75, 3.05) is 5.32 Å². The quantitative estimate of drug-likeness (QED) is 0.427. The molecule has 0 aliphatic heterocycles. The van der Waals surface area contributed by atoms with E-state index in [4.69, 9.17) is 11.6 Å². The molecule has 0 saturated heterocycles. The Morgan fingerprint density at radius 2 is 2.17 bits per heavy atom. The van der Waals surface area contributed by atoms with Gasteiger partial charge < -0.3 is 5.32 Å². The number of nitro groups is 1. The number of aromatic nitrogens is 2. The summed E-state index contributed by atoms with van der Waals surface area (Å²) >= 11 is 7.46. The van der Waals surface area contributed by atoms with Gasteiger partial charge in [0.1, 0.15) is 10.6 Å². The van der Waals surface area contributed by atoms with Gasteiger partial charge in [-0.1, -0.05) is 12.1 Å². The van der Waals surface area contributed by atoms with Gasteiger partial charge >= 0.3 is 0 Å². The van der Waals surface area contributed by atoms with Gasteiger partial charge in [-0.15, -0.1) is 11.3 Å². The Kier molecular flexibility index (Phi) is 3.39. The summed E-state index contributed by atoms with van der Waals surface area (Å²) < 4.78 is 0. The Labute approximate surface area is 140 Å². The zero-order chi connectivity index (χ0) is 16.0. The number of halogens is 1. The third kappa shape index (κ3) is 2.73. The lowest BCUT2D eigenvalue weighted by molar-refractivity contribution is -0.384. The maximum atomic E-state index is 11.0. The molecular weight excluding hydrogens is 336 g/mol. The minimum absolute atomic E-state index is 0.0634. The Balaban J connectivity index is 1.89. The first-order valence-electron chi connectivity index (χ1n) is 7.08. The first-order chi connectivity index (χ1) is 11.1.